The number of thiazole rings is 1. The largest absolute Gasteiger partial charge is 0.493 e. The van der Waals surface area contributed by atoms with E-state index in [0.29, 0.717) is 23.8 Å². The van der Waals surface area contributed by atoms with Crippen molar-refractivity contribution in [1.29, 1.82) is 0 Å². The van der Waals surface area contributed by atoms with E-state index in [1.807, 2.05) is 48.5 Å². The summed E-state index contributed by atoms with van der Waals surface area (Å²) in [5.74, 6) is 1.00. The summed E-state index contributed by atoms with van der Waals surface area (Å²) in [6.45, 7) is 4.03. The van der Waals surface area contributed by atoms with Gasteiger partial charge in [-0.3, -0.25) is 4.79 Å². The Morgan fingerprint density at radius 3 is 2.77 bits per heavy atom. The van der Waals surface area contributed by atoms with Crippen LogP contribution in [0.5, 0.6) is 11.5 Å². The number of nitrogens with zero attached hydrogens (tertiary/aromatic N) is 1. The van der Waals surface area contributed by atoms with Crippen molar-refractivity contribution in [2.45, 2.75) is 0 Å². The van der Waals surface area contributed by atoms with Gasteiger partial charge in [-0.2, -0.15) is 0 Å². The number of benzene rings is 2. The molecule has 0 radical (unpaired) electrons. The van der Waals surface area contributed by atoms with Crippen LogP contribution >= 0.6 is 11.3 Å². The molecular weight excluding hydrogens is 348 g/mol. The standard InChI is InChI=1S/C20H18N2O3S/c1-3-11-25-17-10-9-14(12-18(17)24-2)20-22-16(13-26-20)19(23)21-15-7-5-4-6-8-15/h3-10,12-13H,1,11H2,2H3,(H,21,23). The van der Waals surface area contributed by atoms with Crippen LogP contribution in [0.3, 0.4) is 0 Å². The Bertz CT molecular complexity index is 906. The zero-order valence-corrected chi connectivity index (χ0v) is 15.1. The highest BCUT2D eigenvalue weighted by Gasteiger charge is 2.14. The quantitative estimate of drug-likeness (QED) is 0.619. The normalized spacial score (nSPS) is 10.2. The van der Waals surface area contributed by atoms with Gasteiger partial charge in [0, 0.05) is 16.6 Å². The Kier molecular flexibility index (Phi) is 5.66. The molecule has 3 aromatic rings. The predicted molar refractivity (Wildman–Crippen MR) is 104 cm³/mol. The molecule has 6 heteroatoms. The maximum atomic E-state index is 12.3. The Labute approximate surface area is 155 Å². The Balaban J connectivity index is 1.78. The van der Waals surface area contributed by atoms with Crippen molar-refractivity contribution in [2.24, 2.45) is 0 Å². The predicted octanol–water partition coefficient (Wildman–Crippen LogP) is 4.64. The second-order valence-corrected chi connectivity index (χ2v) is 6.18. The third-order valence-corrected chi connectivity index (χ3v) is 4.43. The minimum atomic E-state index is -0.239. The van der Waals surface area contributed by atoms with E-state index in [1.54, 1.807) is 18.6 Å². The fourth-order valence-electron chi connectivity index (χ4n) is 2.30. The molecule has 1 N–H and O–H groups in total. The van der Waals surface area contributed by atoms with Crippen molar-refractivity contribution < 1.29 is 14.3 Å². The number of aromatic nitrogens is 1. The van der Waals surface area contributed by atoms with Gasteiger partial charge in [-0.1, -0.05) is 30.9 Å². The molecule has 0 fully saturated rings. The van der Waals surface area contributed by atoms with Crippen LogP contribution in [-0.4, -0.2) is 24.6 Å². The summed E-state index contributed by atoms with van der Waals surface area (Å²) in [6.07, 6.45) is 1.67. The van der Waals surface area contributed by atoms with Crippen LogP contribution in [0, 0.1) is 0 Å². The molecule has 5 nitrogen and oxygen atoms in total. The first kappa shape index (κ1) is 17.7. The summed E-state index contributed by atoms with van der Waals surface area (Å²) < 4.78 is 10.9. The van der Waals surface area contributed by atoms with Crippen molar-refractivity contribution in [1.82, 2.24) is 4.98 Å². The molecular formula is C20H18N2O3S. The van der Waals surface area contributed by atoms with Crippen LogP contribution < -0.4 is 14.8 Å². The van der Waals surface area contributed by atoms with Crippen molar-refractivity contribution in [3.8, 4) is 22.1 Å². The molecule has 26 heavy (non-hydrogen) atoms. The Morgan fingerprint density at radius 2 is 2.04 bits per heavy atom. The highest BCUT2D eigenvalue weighted by molar-refractivity contribution is 7.13. The van der Waals surface area contributed by atoms with Crippen LogP contribution in [0.15, 0.2) is 66.6 Å². The lowest BCUT2D eigenvalue weighted by molar-refractivity contribution is 0.102. The van der Waals surface area contributed by atoms with Gasteiger partial charge in [0.1, 0.15) is 17.3 Å². The van der Waals surface area contributed by atoms with Gasteiger partial charge in [-0.05, 0) is 30.3 Å². The summed E-state index contributed by atoms with van der Waals surface area (Å²) in [5, 5.41) is 5.30. The molecule has 2 aromatic carbocycles. The summed E-state index contributed by atoms with van der Waals surface area (Å²) in [4.78, 5) is 16.8. The molecule has 132 valence electrons. The van der Waals surface area contributed by atoms with E-state index >= 15 is 0 Å². The van der Waals surface area contributed by atoms with E-state index in [0.717, 1.165) is 16.3 Å². The highest BCUT2D eigenvalue weighted by atomic mass is 32.1. The first-order chi connectivity index (χ1) is 12.7. The van der Waals surface area contributed by atoms with Gasteiger partial charge in [0.15, 0.2) is 11.5 Å². The zero-order valence-electron chi connectivity index (χ0n) is 14.3. The van der Waals surface area contributed by atoms with Gasteiger partial charge in [0.2, 0.25) is 0 Å². The topological polar surface area (TPSA) is 60.5 Å². The number of carbonyl (C=O) groups excluding carboxylic acids is 1. The highest BCUT2D eigenvalue weighted by Crippen LogP contribution is 2.33. The molecule has 0 spiro atoms. The number of anilines is 1. The van der Waals surface area contributed by atoms with Crippen LogP contribution in [-0.2, 0) is 0 Å². The van der Waals surface area contributed by atoms with Crippen LogP contribution in [0.2, 0.25) is 0 Å². The van der Waals surface area contributed by atoms with E-state index in [2.05, 4.69) is 16.9 Å². The minimum Gasteiger partial charge on any atom is -0.493 e. The maximum absolute atomic E-state index is 12.3. The minimum absolute atomic E-state index is 0.239. The number of para-hydroxylation sites is 1. The van der Waals surface area contributed by atoms with Crippen molar-refractivity contribution in [3.63, 3.8) is 0 Å². The molecule has 0 unspecified atom stereocenters. The van der Waals surface area contributed by atoms with Gasteiger partial charge in [0.05, 0.1) is 7.11 Å². The van der Waals surface area contributed by atoms with Crippen molar-refractivity contribution in [2.75, 3.05) is 19.0 Å². The number of rotatable bonds is 7. The molecule has 1 heterocycles. The number of carbonyl (C=O) groups is 1. The van der Waals surface area contributed by atoms with Gasteiger partial charge in [0.25, 0.3) is 5.91 Å². The van der Waals surface area contributed by atoms with E-state index in [4.69, 9.17) is 9.47 Å². The number of ether oxygens (including phenoxy) is 2. The van der Waals surface area contributed by atoms with Crippen LogP contribution in [0.25, 0.3) is 10.6 Å². The molecule has 0 atom stereocenters. The maximum Gasteiger partial charge on any atom is 0.275 e. The van der Waals surface area contributed by atoms with Crippen molar-refractivity contribution in [3.05, 3.63) is 72.3 Å². The van der Waals surface area contributed by atoms with Crippen LogP contribution in [0.1, 0.15) is 10.5 Å². The molecule has 3 rings (SSSR count). The third kappa shape index (κ3) is 4.10. The van der Waals surface area contributed by atoms with E-state index < -0.39 is 0 Å². The number of hydrogen-bond donors (Lipinski definition) is 1. The molecule has 0 saturated heterocycles. The second-order valence-electron chi connectivity index (χ2n) is 5.32. The third-order valence-electron chi connectivity index (χ3n) is 3.54. The second kappa shape index (κ2) is 8.31. The fourth-order valence-corrected chi connectivity index (χ4v) is 3.09. The Hall–Kier alpha value is -3.12. The van der Waals surface area contributed by atoms with Gasteiger partial charge in [-0.25, -0.2) is 4.98 Å². The summed E-state index contributed by atoms with van der Waals surface area (Å²) in [5.41, 5.74) is 1.97. The Morgan fingerprint density at radius 1 is 1.23 bits per heavy atom. The summed E-state index contributed by atoms with van der Waals surface area (Å²) in [7, 11) is 1.58. The lowest BCUT2D eigenvalue weighted by Crippen LogP contribution is -2.12. The van der Waals surface area contributed by atoms with Gasteiger partial charge < -0.3 is 14.8 Å². The van der Waals surface area contributed by atoms with Gasteiger partial charge in [-0.15, -0.1) is 11.3 Å². The van der Waals surface area contributed by atoms with Crippen molar-refractivity contribution >= 4 is 22.9 Å². The van der Waals surface area contributed by atoms with Gasteiger partial charge >= 0.3 is 0 Å². The molecule has 0 bridgehead atoms. The monoisotopic (exact) mass is 366 g/mol. The molecule has 1 amide bonds. The summed E-state index contributed by atoms with van der Waals surface area (Å²) in [6, 6.07) is 14.8. The molecule has 0 saturated carbocycles. The average Bonchev–Trinajstić information content (AvgIpc) is 3.17. The first-order valence-electron chi connectivity index (χ1n) is 7.95. The molecule has 1 aromatic heterocycles. The van der Waals surface area contributed by atoms with E-state index in [1.165, 1.54) is 11.3 Å². The molecule has 0 aliphatic heterocycles. The van der Waals surface area contributed by atoms with Crippen LogP contribution in [0.4, 0.5) is 5.69 Å². The lowest BCUT2D eigenvalue weighted by Gasteiger charge is -2.10. The molecule has 0 aliphatic rings. The number of amides is 1. The number of hydrogen-bond acceptors (Lipinski definition) is 5. The summed E-state index contributed by atoms with van der Waals surface area (Å²) >= 11 is 1.40. The SMILES string of the molecule is C=CCOc1ccc(-c2nc(C(=O)Nc3ccccc3)cs2)cc1OC. The fraction of sp³-hybridized carbons (Fsp3) is 0.100. The lowest BCUT2D eigenvalue weighted by atomic mass is 10.2. The average molecular weight is 366 g/mol. The number of nitrogens with one attached hydrogen (secondary N) is 1. The zero-order chi connectivity index (χ0) is 18.4. The molecule has 0 aliphatic carbocycles. The van der Waals surface area contributed by atoms with E-state index in [-0.39, 0.29) is 5.91 Å². The smallest absolute Gasteiger partial charge is 0.275 e. The first-order valence-corrected chi connectivity index (χ1v) is 8.83. The number of methoxy groups -OCH3 is 1. The van der Waals surface area contributed by atoms with E-state index in [9.17, 15) is 4.79 Å².